The number of esters is 2. The van der Waals surface area contributed by atoms with Crippen molar-refractivity contribution in [3.8, 4) is 0 Å². The molecule has 0 heterocycles. The molecule has 0 amide bonds. The van der Waals surface area contributed by atoms with E-state index in [1.54, 1.807) is 0 Å². The zero-order chi connectivity index (χ0) is 29.4. The van der Waals surface area contributed by atoms with E-state index in [4.69, 9.17) is 0 Å². The molecule has 0 saturated heterocycles. The average Bonchev–Trinajstić information content (AvgIpc) is 2.66. The molecule has 0 unspecified atom stereocenters. The number of ether oxygens (including phenoxy) is 2. The lowest BCUT2D eigenvalue weighted by Gasteiger charge is -2.33. The first-order chi connectivity index (χ1) is 15.5. The molecule has 0 aromatic rings. The SMILES string of the molecule is O=C(/C=C\C(=O)OCC(F)(F)C(F)(F)C(F)(F)C(F)(F)F)OCC(F)(F)C(F)(F)C(F)(F)C(F)(F)F. The van der Waals surface area contributed by atoms with Gasteiger partial charge in [0, 0.05) is 12.2 Å². The quantitative estimate of drug-likeness (QED) is 0.193. The van der Waals surface area contributed by atoms with E-state index in [1.807, 2.05) is 0 Å². The predicted octanol–water partition coefficient (Wildman–Crippen LogP) is 5.57. The second kappa shape index (κ2) is 9.71. The maximum Gasteiger partial charge on any atom is 0.460 e. The Morgan fingerprint density at radius 1 is 0.444 bits per heavy atom. The van der Waals surface area contributed by atoms with Crippen molar-refractivity contribution in [3.05, 3.63) is 12.2 Å². The van der Waals surface area contributed by atoms with E-state index in [-0.39, 0.29) is 0 Å². The third-order valence-electron chi connectivity index (χ3n) is 3.57. The largest absolute Gasteiger partial charge is 0.460 e. The molecule has 0 aromatic carbocycles. The van der Waals surface area contributed by atoms with Gasteiger partial charge in [-0.3, -0.25) is 0 Å². The fourth-order valence-corrected chi connectivity index (χ4v) is 1.55. The molecule has 22 heteroatoms. The highest BCUT2D eigenvalue weighted by molar-refractivity contribution is 5.91. The highest BCUT2D eigenvalue weighted by atomic mass is 19.4. The Hall–Kier alpha value is -2.58. The Morgan fingerprint density at radius 3 is 0.861 bits per heavy atom. The first kappa shape index (κ1) is 33.4. The summed E-state index contributed by atoms with van der Waals surface area (Å²) < 4.78 is 232. The Kier molecular flexibility index (Phi) is 9.01. The van der Waals surface area contributed by atoms with Crippen molar-refractivity contribution in [2.75, 3.05) is 13.2 Å². The van der Waals surface area contributed by atoms with Gasteiger partial charge in [-0.05, 0) is 0 Å². The van der Waals surface area contributed by atoms with Gasteiger partial charge < -0.3 is 9.47 Å². The van der Waals surface area contributed by atoms with Crippen LogP contribution in [0.5, 0.6) is 0 Å². The molecule has 0 rings (SSSR count). The van der Waals surface area contributed by atoms with E-state index >= 15 is 0 Å². The van der Waals surface area contributed by atoms with E-state index in [0.717, 1.165) is 0 Å². The lowest BCUT2D eigenvalue weighted by Crippen LogP contribution is -2.62. The fraction of sp³-hybridized carbons (Fsp3) is 0.714. The van der Waals surface area contributed by atoms with Crippen molar-refractivity contribution in [1.29, 1.82) is 0 Å². The van der Waals surface area contributed by atoms with Gasteiger partial charge in [-0.1, -0.05) is 0 Å². The molecule has 0 saturated carbocycles. The van der Waals surface area contributed by atoms with E-state index in [1.165, 1.54) is 0 Å². The van der Waals surface area contributed by atoms with Crippen LogP contribution in [-0.4, -0.2) is 73.0 Å². The van der Waals surface area contributed by atoms with Gasteiger partial charge in [0.15, 0.2) is 13.2 Å². The zero-order valence-electron chi connectivity index (χ0n) is 16.0. The molecule has 0 spiro atoms. The molecule has 0 fully saturated rings. The summed E-state index contributed by atoms with van der Waals surface area (Å²) in [4.78, 5) is 21.9. The van der Waals surface area contributed by atoms with Crippen LogP contribution in [0.1, 0.15) is 0 Å². The Labute approximate surface area is 184 Å². The lowest BCUT2D eigenvalue weighted by molar-refractivity contribution is -0.398. The summed E-state index contributed by atoms with van der Waals surface area (Å²) >= 11 is 0. The summed E-state index contributed by atoms with van der Waals surface area (Å²) in [5, 5.41) is 0. The van der Waals surface area contributed by atoms with Gasteiger partial charge in [0.1, 0.15) is 0 Å². The molecule has 0 aliphatic heterocycles. The van der Waals surface area contributed by atoms with Crippen LogP contribution in [0.2, 0.25) is 0 Å². The average molecular weight is 580 g/mol. The number of halogens is 18. The summed E-state index contributed by atoms with van der Waals surface area (Å²) in [5.74, 6) is -46.9. The molecule has 0 radical (unpaired) electrons. The predicted molar refractivity (Wildman–Crippen MR) is 72.9 cm³/mol. The highest BCUT2D eigenvalue weighted by Crippen LogP contribution is 2.54. The highest BCUT2D eigenvalue weighted by Gasteiger charge is 2.83. The maximum absolute atomic E-state index is 13.1. The molecule has 212 valence electrons. The van der Waals surface area contributed by atoms with Crippen molar-refractivity contribution < 1.29 is 98.1 Å². The molecule has 0 bridgehead atoms. The summed E-state index contributed by atoms with van der Waals surface area (Å²) in [6, 6.07) is 0. The molecule has 0 aromatic heterocycles. The van der Waals surface area contributed by atoms with Gasteiger partial charge in [-0.15, -0.1) is 0 Å². The molecule has 36 heavy (non-hydrogen) atoms. The van der Waals surface area contributed by atoms with Crippen molar-refractivity contribution in [1.82, 2.24) is 0 Å². The minimum atomic E-state index is -7.36. The summed E-state index contributed by atoms with van der Waals surface area (Å²) in [5.41, 5.74) is 0. The topological polar surface area (TPSA) is 52.6 Å². The standard InChI is InChI=1S/C14H6F18O4/c15-7(16,9(19,20)11(23,24)13(27,28)29)3-35-5(33)1-2-6(34)36-4-8(17,18)10(21,22)12(25,26)14(30,31)32/h1-2H,3-4H2/b2-1-. The van der Waals surface area contributed by atoms with Gasteiger partial charge >= 0.3 is 59.8 Å². The summed E-state index contributed by atoms with van der Waals surface area (Å²) in [7, 11) is 0. The van der Waals surface area contributed by atoms with E-state index in [9.17, 15) is 88.6 Å². The Bertz CT molecular complexity index is 770. The fourth-order valence-electron chi connectivity index (χ4n) is 1.55. The monoisotopic (exact) mass is 580 g/mol. The Morgan fingerprint density at radius 2 is 0.667 bits per heavy atom. The normalized spacial score (nSPS) is 15.3. The van der Waals surface area contributed by atoms with Crippen molar-refractivity contribution in [2.45, 2.75) is 47.9 Å². The minimum absolute atomic E-state index is 0.570. The number of rotatable bonds is 10. The number of hydrogen-bond acceptors (Lipinski definition) is 4. The summed E-state index contributed by atoms with van der Waals surface area (Å²) in [6.07, 6.45) is -15.6. The number of carbonyl (C=O) groups excluding carboxylic acids is 2. The molecule has 4 nitrogen and oxygen atoms in total. The Balaban J connectivity index is 5.23. The second-order valence-electron chi connectivity index (χ2n) is 6.25. The maximum atomic E-state index is 13.1. The number of carbonyl (C=O) groups is 2. The van der Waals surface area contributed by atoms with Crippen LogP contribution in [0.25, 0.3) is 0 Å². The van der Waals surface area contributed by atoms with Crippen LogP contribution in [0.15, 0.2) is 12.2 Å². The van der Waals surface area contributed by atoms with Crippen molar-refractivity contribution in [2.24, 2.45) is 0 Å². The van der Waals surface area contributed by atoms with E-state index in [2.05, 4.69) is 9.47 Å². The summed E-state index contributed by atoms with van der Waals surface area (Å²) in [6.45, 7) is -6.42. The van der Waals surface area contributed by atoms with Crippen LogP contribution in [0.3, 0.4) is 0 Å². The number of alkyl halides is 18. The molecular weight excluding hydrogens is 574 g/mol. The second-order valence-corrected chi connectivity index (χ2v) is 6.25. The van der Waals surface area contributed by atoms with E-state index in [0.29, 0.717) is 0 Å². The first-order valence-electron chi connectivity index (χ1n) is 7.91. The van der Waals surface area contributed by atoms with Crippen molar-refractivity contribution in [3.63, 3.8) is 0 Å². The lowest BCUT2D eigenvalue weighted by atomic mass is 10.0. The molecule has 0 aliphatic rings. The number of hydrogen-bond donors (Lipinski definition) is 0. The molecular formula is C14H6F18O4. The van der Waals surface area contributed by atoms with E-state index < -0.39 is 85.2 Å². The van der Waals surface area contributed by atoms with Gasteiger partial charge in [0.25, 0.3) is 0 Å². The zero-order valence-corrected chi connectivity index (χ0v) is 16.0. The van der Waals surface area contributed by atoms with Crippen LogP contribution < -0.4 is 0 Å². The van der Waals surface area contributed by atoms with Gasteiger partial charge in [-0.2, -0.15) is 79.0 Å². The van der Waals surface area contributed by atoms with Gasteiger partial charge in [0.05, 0.1) is 0 Å². The molecule has 0 aliphatic carbocycles. The van der Waals surface area contributed by atoms with Crippen LogP contribution in [-0.2, 0) is 19.1 Å². The third kappa shape index (κ3) is 6.21. The van der Waals surface area contributed by atoms with Crippen molar-refractivity contribution >= 4 is 11.9 Å². The molecule has 0 atom stereocenters. The van der Waals surface area contributed by atoms with Gasteiger partial charge in [0.2, 0.25) is 0 Å². The minimum Gasteiger partial charge on any atom is -0.456 e. The smallest absolute Gasteiger partial charge is 0.456 e. The van der Waals surface area contributed by atoms with Gasteiger partial charge in [-0.25, -0.2) is 9.59 Å². The van der Waals surface area contributed by atoms with Crippen LogP contribution in [0, 0.1) is 0 Å². The van der Waals surface area contributed by atoms with Crippen LogP contribution >= 0.6 is 0 Å². The first-order valence-corrected chi connectivity index (χ1v) is 7.91. The van der Waals surface area contributed by atoms with Crippen LogP contribution in [0.4, 0.5) is 79.0 Å². The molecule has 0 N–H and O–H groups in total. The third-order valence-corrected chi connectivity index (χ3v) is 3.57.